The first kappa shape index (κ1) is 13.3. The molecule has 0 radical (unpaired) electrons. The van der Waals surface area contributed by atoms with Gasteiger partial charge in [-0.3, -0.25) is 0 Å². The Bertz CT molecular complexity index is 754. The first-order chi connectivity index (χ1) is 9.65. The summed E-state index contributed by atoms with van der Waals surface area (Å²) in [4.78, 5) is 0. The summed E-state index contributed by atoms with van der Waals surface area (Å²) in [7, 11) is 0. The molecule has 2 heterocycles. The molecule has 3 nitrogen and oxygen atoms in total. The number of rotatable bonds is 3. The van der Waals surface area contributed by atoms with Crippen LogP contribution in [0.1, 0.15) is 17.2 Å². The third kappa shape index (κ3) is 2.46. The predicted octanol–water partition coefficient (Wildman–Crippen LogP) is 3.48. The quantitative estimate of drug-likeness (QED) is 0.797. The summed E-state index contributed by atoms with van der Waals surface area (Å²) in [5.41, 5.74) is 8.70. The molecule has 0 aliphatic rings. The van der Waals surface area contributed by atoms with Crippen molar-refractivity contribution in [2.75, 3.05) is 0 Å². The minimum atomic E-state index is -0.293. The van der Waals surface area contributed by atoms with E-state index < -0.39 is 0 Å². The topological polar surface area (TPSA) is 43.3 Å². The van der Waals surface area contributed by atoms with E-state index in [0.29, 0.717) is 12.0 Å². The van der Waals surface area contributed by atoms with E-state index >= 15 is 0 Å². The summed E-state index contributed by atoms with van der Waals surface area (Å²) in [6.45, 7) is 0. The summed E-state index contributed by atoms with van der Waals surface area (Å²) in [6.07, 6.45) is 4.04. The van der Waals surface area contributed by atoms with Crippen LogP contribution in [0.2, 0.25) is 0 Å². The number of fused-ring (bicyclic) bond motifs is 1. The van der Waals surface area contributed by atoms with Crippen molar-refractivity contribution in [3.63, 3.8) is 0 Å². The van der Waals surface area contributed by atoms with Crippen LogP contribution in [0.5, 0.6) is 0 Å². The highest BCUT2D eigenvalue weighted by Crippen LogP contribution is 2.23. The molecule has 0 aliphatic heterocycles. The lowest BCUT2D eigenvalue weighted by atomic mass is 10.0. The van der Waals surface area contributed by atoms with Crippen LogP contribution in [0.3, 0.4) is 0 Å². The summed E-state index contributed by atoms with van der Waals surface area (Å²) >= 11 is 3.35. The number of aromatic nitrogens is 2. The molecule has 0 saturated carbocycles. The average molecular weight is 334 g/mol. The summed E-state index contributed by atoms with van der Waals surface area (Å²) in [5.74, 6) is -0.236. The molecule has 0 fully saturated rings. The molecule has 1 unspecified atom stereocenters. The van der Waals surface area contributed by atoms with Crippen LogP contribution in [0.25, 0.3) is 5.52 Å². The van der Waals surface area contributed by atoms with Crippen molar-refractivity contribution in [1.82, 2.24) is 9.61 Å². The van der Waals surface area contributed by atoms with Gasteiger partial charge in [-0.25, -0.2) is 8.91 Å². The van der Waals surface area contributed by atoms with Crippen molar-refractivity contribution in [3.05, 3.63) is 70.2 Å². The maximum absolute atomic E-state index is 13.8. The van der Waals surface area contributed by atoms with Crippen molar-refractivity contribution >= 4 is 21.4 Å². The Labute approximate surface area is 124 Å². The minimum Gasteiger partial charge on any atom is -0.324 e. The van der Waals surface area contributed by atoms with Crippen LogP contribution in [0.4, 0.5) is 4.39 Å². The number of hydrogen-bond donors (Lipinski definition) is 1. The van der Waals surface area contributed by atoms with Gasteiger partial charge in [0.15, 0.2) is 0 Å². The van der Waals surface area contributed by atoms with Gasteiger partial charge in [-0.2, -0.15) is 5.10 Å². The summed E-state index contributed by atoms with van der Waals surface area (Å²) in [6, 6.07) is 10.4. The Balaban J connectivity index is 1.93. The normalized spacial score (nSPS) is 12.8. The first-order valence-electron chi connectivity index (χ1n) is 6.27. The molecule has 102 valence electrons. The Morgan fingerprint density at radius 1 is 1.30 bits per heavy atom. The minimum absolute atomic E-state index is 0.236. The van der Waals surface area contributed by atoms with Crippen molar-refractivity contribution in [2.24, 2.45) is 5.73 Å². The van der Waals surface area contributed by atoms with Crippen molar-refractivity contribution in [2.45, 2.75) is 12.5 Å². The molecule has 3 aromatic rings. The number of pyridine rings is 1. The fourth-order valence-electron chi connectivity index (χ4n) is 2.29. The second-order valence-corrected chi connectivity index (χ2v) is 5.59. The third-order valence-corrected chi connectivity index (χ3v) is 3.80. The lowest BCUT2D eigenvalue weighted by Gasteiger charge is -2.11. The third-order valence-electron chi connectivity index (χ3n) is 3.30. The summed E-state index contributed by atoms with van der Waals surface area (Å²) < 4.78 is 16.4. The van der Waals surface area contributed by atoms with E-state index in [4.69, 9.17) is 5.73 Å². The van der Waals surface area contributed by atoms with Crippen LogP contribution < -0.4 is 5.73 Å². The Morgan fingerprint density at radius 2 is 2.15 bits per heavy atom. The Hall–Kier alpha value is -1.72. The van der Waals surface area contributed by atoms with Crippen molar-refractivity contribution < 1.29 is 4.39 Å². The molecule has 2 N–H and O–H groups in total. The molecule has 0 bridgehead atoms. The molecule has 1 atom stereocenters. The second-order valence-electron chi connectivity index (χ2n) is 4.68. The Kier molecular flexibility index (Phi) is 3.54. The number of nitrogens with two attached hydrogens (primary N) is 1. The monoisotopic (exact) mass is 333 g/mol. The molecule has 0 saturated heterocycles. The second kappa shape index (κ2) is 5.34. The van der Waals surface area contributed by atoms with Crippen LogP contribution in [0, 0.1) is 5.82 Å². The van der Waals surface area contributed by atoms with E-state index in [9.17, 15) is 4.39 Å². The fraction of sp³-hybridized carbons (Fsp3) is 0.133. The molecule has 0 aliphatic carbocycles. The van der Waals surface area contributed by atoms with Gasteiger partial charge in [0.05, 0.1) is 11.7 Å². The van der Waals surface area contributed by atoms with E-state index in [2.05, 4.69) is 21.0 Å². The SMILES string of the molecule is NC(Cc1cc(Br)ccc1F)c1cnn2ccccc12. The van der Waals surface area contributed by atoms with E-state index in [1.54, 1.807) is 22.8 Å². The van der Waals surface area contributed by atoms with Gasteiger partial charge in [0.2, 0.25) is 0 Å². The van der Waals surface area contributed by atoms with Gasteiger partial charge in [-0.1, -0.05) is 22.0 Å². The van der Waals surface area contributed by atoms with Gasteiger partial charge < -0.3 is 5.73 Å². The number of benzene rings is 1. The standard InChI is InChI=1S/C15H13BrFN3/c16-11-4-5-13(17)10(7-11)8-14(18)12-9-19-20-6-2-1-3-15(12)20/h1-7,9,14H,8,18H2. The zero-order valence-electron chi connectivity index (χ0n) is 10.6. The molecule has 20 heavy (non-hydrogen) atoms. The van der Waals surface area contributed by atoms with E-state index in [1.165, 1.54) is 6.07 Å². The van der Waals surface area contributed by atoms with Gasteiger partial charge in [-0.15, -0.1) is 0 Å². The lowest BCUT2D eigenvalue weighted by molar-refractivity contribution is 0.593. The fourth-order valence-corrected chi connectivity index (χ4v) is 2.70. The number of nitrogens with zero attached hydrogens (tertiary/aromatic N) is 2. The van der Waals surface area contributed by atoms with Crippen LogP contribution >= 0.6 is 15.9 Å². The predicted molar refractivity (Wildman–Crippen MR) is 79.9 cm³/mol. The maximum Gasteiger partial charge on any atom is 0.126 e. The molecule has 0 spiro atoms. The van der Waals surface area contributed by atoms with Crippen LogP contribution in [0.15, 0.2) is 53.3 Å². The molecule has 0 amide bonds. The molecular formula is C15H13BrFN3. The van der Waals surface area contributed by atoms with Gasteiger partial charge >= 0.3 is 0 Å². The van der Waals surface area contributed by atoms with Crippen molar-refractivity contribution in [1.29, 1.82) is 0 Å². The van der Waals surface area contributed by atoms with E-state index in [-0.39, 0.29) is 11.9 Å². The van der Waals surface area contributed by atoms with Gasteiger partial charge in [-0.05, 0) is 42.3 Å². The highest BCUT2D eigenvalue weighted by Gasteiger charge is 2.15. The van der Waals surface area contributed by atoms with Gasteiger partial charge in [0.1, 0.15) is 5.82 Å². The van der Waals surface area contributed by atoms with Crippen LogP contribution in [-0.4, -0.2) is 9.61 Å². The highest BCUT2D eigenvalue weighted by molar-refractivity contribution is 9.10. The smallest absolute Gasteiger partial charge is 0.126 e. The molecule has 3 rings (SSSR count). The largest absolute Gasteiger partial charge is 0.324 e. The zero-order valence-corrected chi connectivity index (χ0v) is 12.2. The zero-order chi connectivity index (χ0) is 14.1. The van der Waals surface area contributed by atoms with Gasteiger partial charge in [0.25, 0.3) is 0 Å². The number of halogens is 2. The van der Waals surface area contributed by atoms with E-state index in [1.807, 2.05) is 24.4 Å². The Morgan fingerprint density at radius 3 is 3.00 bits per heavy atom. The van der Waals surface area contributed by atoms with Crippen molar-refractivity contribution in [3.8, 4) is 0 Å². The maximum atomic E-state index is 13.8. The molecular weight excluding hydrogens is 321 g/mol. The average Bonchev–Trinajstić information content (AvgIpc) is 2.87. The lowest BCUT2D eigenvalue weighted by Crippen LogP contribution is -2.14. The van der Waals surface area contributed by atoms with Gasteiger partial charge in [0, 0.05) is 22.3 Å². The van der Waals surface area contributed by atoms with Crippen LogP contribution in [-0.2, 0) is 6.42 Å². The molecule has 5 heteroatoms. The summed E-state index contributed by atoms with van der Waals surface area (Å²) in [5, 5.41) is 4.25. The molecule has 1 aromatic carbocycles. The first-order valence-corrected chi connectivity index (χ1v) is 7.06. The molecule has 2 aromatic heterocycles. The highest BCUT2D eigenvalue weighted by atomic mass is 79.9. The van der Waals surface area contributed by atoms with E-state index in [0.717, 1.165) is 15.6 Å². The number of hydrogen-bond acceptors (Lipinski definition) is 2.